The van der Waals surface area contributed by atoms with Crippen LogP contribution in [0.25, 0.3) is 0 Å². The minimum Gasteiger partial charge on any atom is -0.399 e. The average molecular weight is 276 g/mol. The summed E-state index contributed by atoms with van der Waals surface area (Å²) in [5.41, 5.74) is 6.11. The van der Waals surface area contributed by atoms with Gasteiger partial charge in [0.15, 0.2) is 0 Å². The number of hydrogen-bond acceptors (Lipinski definition) is 5. The molecule has 18 heavy (non-hydrogen) atoms. The quantitative estimate of drug-likeness (QED) is 0.587. The molecular weight excluding hydrogens is 258 g/mol. The molecule has 1 aromatic carbocycles. The molecule has 0 aliphatic carbocycles. The van der Waals surface area contributed by atoms with Crippen molar-refractivity contribution in [2.24, 2.45) is 0 Å². The van der Waals surface area contributed by atoms with E-state index in [-0.39, 0.29) is 19.3 Å². The lowest BCUT2D eigenvalue weighted by Crippen LogP contribution is -2.28. The van der Waals surface area contributed by atoms with Crippen molar-refractivity contribution in [3.8, 4) is 0 Å². The number of ether oxygens (including phenoxy) is 1. The maximum atomic E-state index is 8.99. The summed E-state index contributed by atoms with van der Waals surface area (Å²) in [5.74, 6) is 0. The van der Waals surface area contributed by atoms with Gasteiger partial charge in [-0.3, -0.25) is 0 Å². The van der Waals surface area contributed by atoms with E-state index in [9.17, 15) is 0 Å². The van der Waals surface area contributed by atoms with Crippen LogP contribution >= 0.6 is 11.6 Å². The lowest BCUT2D eigenvalue weighted by molar-refractivity contribution is -0.0291. The minimum atomic E-state index is -0.850. The van der Waals surface area contributed by atoms with Gasteiger partial charge in [-0.2, -0.15) is 0 Å². The van der Waals surface area contributed by atoms with E-state index in [1.807, 2.05) is 0 Å². The van der Waals surface area contributed by atoms with Gasteiger partial charge in [0.1, 0.15) is 6.10 Å². The summed E-state index contributed by atoms with van der Waals surface area (Å²) < 4.78 is 4.96. The topological polar surface area (TPSA) is 95.9 Å². The van der Waals surface area contributed by atoms with Crippen molar-refractivity contribution < 1.29 is 20.1 Å². The molecule has 1 saturated heterocycles. The number of aliphatic hydroxyl groups is 3. The first-order valence-corrected chi connectivity index (χ1v) is 6.00. The Hall–Kier alpha value is -0.850. The maximum absolute atomic E-state index is 8.99. The fourth-order valence-corrected chi connectivity index (χ4v) is 1.61. The van der Waals surface area contributed by atoms with Crippen LogP contribution in [0.2, 0.25) is 5.02 Å². The second-order valence-electron chi connectivity index (χ2n) is 4.06. The summed E-state index contributed by atoms with van der Waals surface area (Å²) in [7, 11) is 0. The standard InChI is InChI=1S/C6H6ClN.C6H12O4/c7-5-1-3-6(8)4-2-5;7-2-5(9)6-1-4(8)3-10-6/h1-4H,8H2;4-9H,1-3H2. The van der Waals surface area contributed by atoms with Crippen molar-refractivity contribution in [1.82, 2.24) is 0 Å². The number of aliphatic hydroxyl groups excluding tert-OH is 3. The first-order valence-electron chi connectivity index (χ1n) is 5.62. The zero-order chi connectivity index (χ0) is 13.5. The van der Waals surface area contributed by atoms with Crippen molar-refractivity contribution in [3.05, 3.63) is 29.3 Å². The molecule has 0 amide bonds. The molecule has 5 nitrogen and oxygen atoms in total. The number of rotatable bonds is 2. The smallest absolute Gasteiger partial charge is 0.103 e. The van der Waals surface area contributed by atoms with Crippen LogP contribution in [0, 0.1) is 0 Å². The molecule has 3 atom stereocenters. The predicted molar refractivity (Wildman–Crippen MR) is 69.3 cm³/mol. The van der Waals surface area contributed by atoms with Crippen molar-refractivity contribution in [2.45, 2.75) is 24.7 Å². The van der Waals surface area contributed by atoms with Gasteiger partial charge in [0.05, 0.1) is 25.4 Å². The van der Waals surface area contributed by atoms with E-state index in [2.05, 4.69) is 0 Å². The Kier molecular flexibility index (Phi) is 6.38. The summed E-state index contributed by atoms with van der Waals surface area (Å²) in [6, 6.07) is 7.05. The number of anilines is 1. The van der Waals surface area contributed by atoms with Gasteiger partial charge in [0.2, 0.25) is 0 Å². The molecule has 0 saturated carbocycles. The van der Waals surface area contributed by atoms with Crippen LogP contribution in [-0.4, -0.2) is 46.8 Å². The highest BCUT2D eigenvalue weighted by molar-refractivity contribution is 6.30. The van der Waals surface area contributed by atoms with Gasteiger partial charge < -0.3 is 25.8 Å². The SMILES string of the molecule is Nc1ccc(Cl)cc1.OCC(O)C1CC(O)CO1. The molecule has 0 bridgehead atoms. The zero-order valence-electron chi connectivity index (χ0n) is 9.87. The molecule has 1 fully saturated rings. The first kappa shape index (κ1) is 15.2. The Morgan fingerprint density at radius 3 is 2.39 bits per heavy atom. The van der Waals surface area contributed by atoms with E-state index < -0.39 is 12.2 Å². The summed E-state index contributed by atoms with van der Waals surface area (Å²) >= 11 is 5.56. The molecule has 6 heteroatoms. The van der Waals surface area contributed by atoms with E-state index in [1.165, 1.54) is 0 Å². The maximum Gasteiger partial charge on any atom is 0.103 e. The van der Waals surface area contributed by atoms with E-state index in [1.54, 1.807) is 24.3 Å². The van der Waals surface area contributed by atoms with Gasteiger partial charge in [-0.05, 0) is 24.3 Å². The fraction of sp³-hybridized carbons (Fsp3) is 0.500. The number of benzene rings is 1. The van der Waals surface area contributed by atoms with Crippen molar-refractivity contribution >= 4 is 17.3 Å². The van der Waals surface area contributed by atoms with Crippen LogP contribution in [0.3, 0.4) is 0 Å². The zero-order valence-corrected chi connectivity index (χ0v) is 10.6. The molecular formula is C12H18ClNO4. The third-order valence-corrected chi connectivity index (χ3v) is 2.75. The molecule has 0 radical (unpaired) electrons. The molecule has 102 valence electrons. The van der Waals surface area contributed by atoms with Gasteiger partial charge in [-0.15, -0.1) is 0 Å². The average Bonchev–Trinajstić information content (AvgIpc) is 2.79. The van der Waals surface area contributed by atoms with Gasteiger partial charge in [0, 0.05) is 17.1 Å². The number of halogens is 1. The Morgan fingerprint density at radius 2 is 2.00 bits per heavy atom. The molecule has 0 aromatic heterocycles. The van der Waals surface area contributed by atoms with Crippen molar-refractivity contribution in [1.29, 1.82) is 0 Å². The van der Waals surface area contributed by atoms with Crippen LogP contribution < -0.4 is 5.73 Å². The van der Waals surface area contributed by atoms with E-state index >= 15 is 0 Å². The third-order valence-electron chi connectivity index (χ3n) is 2.49. The summed E-state index contributed by atoms with van der Waals surface area (Å²) in [4.78, 5) is 0. The van der Waals surface area contributed by atoms with Crippen LogP contribution in [0.1, 0.15) is 6.42 Å². The number of nitrogens with two attached hydrogens (primary N) is 1. The molecule has 1 aliphatic heterocycles. The molecule has 1 aromatic rings. The van der Waals surface area contributed by atoms with Crippen LogP contribution in [0.15, 0.2) is 24.3 Å². The van der Waals surface area contributed by atoms with Crippen LogP contribution in [-0.2, 0) is 4.74 Å². The number of hydrogen-bond donors (Lipinski definition) is 4. The lowest BCUT2D eigenvalue weighted by atomic mass is 10.1. The monoisotopic (exact) mass is 275 g/mol. The second kappa shape index (κ2) is 7.56. The Balaban J connectivity index is 0.000000184. The number of nitrogen functional groups attached to an aromatic ring is 1. The second-order valence-corrected chi connectivity index (χ2v) is 4.50. The Labute approximate surface area is 111 Å². The normalized spacial score (nSPS) is 24.2. The lowest BCUT2D eigenvalue weighted by Gasteiger charge is -2.13. The van der Waals surface area contributed by atoms with Gasteiger partial charge in [-0.1, -0.05) is 11.6 Å². The molecule has 0 spiro atoms. The highest BCUT2D eigenvalue weighted by atomic mass is 35.5. The van der Waals surface area contributed by atoms with Gasteiger partial charge >= 0.3 is 0 Å². The van der Waals surface area contributed by atoms with E-state index in [0.717, 1.165) is 10.7 Å². The molecule has 3 unspecified atom stereocenters. The molecule has 2 rings (SSSR count). The first-order chi connectivity index (χ1) is 8.52. The third kappa shape index (κ3) is 5.20. The van der Waals surface area contributed by atoms with Gasteiger partial charge in [-0.25, -0.2) is 0 Å². The van der Waals surface area contributed by atoms with E-state index in [0.29, 0.717) is 6.42 Å². The van der Waals surface area contributed by atoms with Crippen LogP contribution in [0.5, 0.6) is 0 Å². The summed E-state index contributed by atoms with van der Waals surface area (Å²) in [6.45, 7) is -0.0425. The van der Waals surface area contributed by atoms with Crippen LogP contribution in [0.4, 0.5) is 5.69 Å². The highest BCUT2D eigenvalue weighted by Crippen LogP contribution is 2.15. The largest absolute Gasteiger partial charge is 0.399 e. The van der Waals surface area contributed by atoms with Gasteiger partial charge in [0.25, 0.3) is 0 Å². The molecule has 5 N–H and O–H groups in total. The predicted octanol–water partition coefficient (Wildman–Crippen LogP) is 0.412. The van der Waals surface area contributed by atoms with Crippen molar-refractivity contribution in [3.63, 3.8) is 0 Å². The highest BCUT2D eigenvalue weighted by Gasteiger charge is 2.28. The minimum absolute atomic E-state index is 0.266. The van der Waals surface area contributed by atoms with Crippen molar-refractivity contribution in [2.75, 3.05) is 18.9 Å². The molecule has 1 heterocycles. The summed E-state index contributed by atoms with van der Waals surface area (Å²) in [5, 5.41) is 27.1. The molecule has 1 aliphatic rings. The Bertz CT molecular complexity index is 325. The Morgan fingerprint density at radius 1 is 1.39 bits per heavy atom. The summed E-state index contributed by atoms with van der Waals surface area (Å²) in [6.07, 6.45) is -1.30. The van der Waals surface area contributed by atoms with E-state index in [4.69, 9.17) is 37.4 Å². The fourth-order valence-electron chi connectivity index (χ4n) is 1.49.